The van der Waals surface area contributed by atoms with Crippen molar-refractivity contribution in [2.45, 2.75) is 9.79 Å². The van der Waals surface area contributed by atoms with Gasteiger partial charge >= 0.3 is 0 Å². The first-order chi connectivity index (χ1) is 15.6. The Labute approximate surface area is 200 Å². The van der Waals surface area contributed by atoms with Crippen LogP contribution in [0.15, 0.2) is 107 Å². The lowest BCUT2D eigenvalue weighted by Crippen LogP contribution is -1.80. The highest BCUT2D eigenvalue weighted by atomic mass is 32.1. The summed E-state index contributed by atoms with van der Waals surface area (Å²) < 4.78 is 0. The summed E-state index contributed by atoms with van der Waals surface area (Å²) in [4.78, 5) is 1.82. The topological polar surface area (TPSA) is 0 Å². The molecular formula is C30H18S2. The Morgan fingerprint density at radius 1 is 0.344 bits per heavy atom. The van der Waals surface area contributed by atoms with Crippen molar-refractivity contribution in [3.63, 3.8) is 0 Å². The molecule has 32 heavy (non-hydrogen) atoms. The summed E-state index contributed by atoms with van der Waals surface area (Å²) in [5.41, 5.74) is 5.69. The minimum absolute atomic E-state index is 0.908. The first-order valence-corrected chi connectivity index (χ1v) is 10.9. The van der Waals surface area contributed by atoms with Gasteiger partial charge in [0, 0.05) is 43.2 Å². The van der Waals surface area contributed by atoms with Crippen LogP contribution in [0.4, 0.5) is 0 Å². The highest BCUT2D eigenvalue weighted by Gasteiger charge is 1.93. The van der Waals surface area contributed by atoms with Gasteiger partial charge in [0.15, 0.2) is 0 Å². The number of thiol groups is 2. The monoisotopic (exact) mass is 442 g/mol. The second-order valence-corrected chi connectivity index (χ2v) is 8.04. The highest BCUT2D eigenvalue weighted by molar-refractivity contribution is 7.80. The molecule has 150 valence electrons. The second-order valence-electron chi connectivity index (χ2n) is 7.01. The van der Waals surface area contributed by atoms with E-state index in [4.69, 9.17) is 0 Å². The maximum absolute atomic E-state index is 4.34. The average Bonchev–Trinajstić information content (AvgIpc) is 2.81. The number of rotatable bonds is 0. The van der Waals surface area contributed by atoms with Gasteiger partial charge in [-0.2, -0.15) is 0 Å². The van der Waals surface area contributed by atoms with E-state index >= 15 is 0 Å². The van der Waals surface area contributed by atoms with Crippen LogP contribution in [0.25, 0.3) is 0 Å². The molecule has 0 radical (unpaired) electrons. The molecule has 0 aliphatic heterocycles. The Morgan fingerprint density at radius 3 is 0.906 bits per heavy atom. The Hall–Kier alpha value is -3.74. The van der Waals surface area contributed by atoms with Gasteiger partial charge in [0.25, 0.3) is 0 Å². The third-order valence-electron chi connectivity index (χ3n) is 4.52. The zero-order valence-electron chi connectivity index (χ0n) is 17.1. The van der Waals surface area contributed by atoms with E-state index in [1.807, 2.05) is 97.1 Å². The molecule has 0 aliphatic rings. The van der Waals surface area contributed by atoms with E-state index in [0.717, 1.165) is 43.2 Å². The molecular weight excluding hydrogens is 424 g/mol. The molecule has 0 fully saturated rings. The summed E-state index contributed by atoms with van der Waals surface area (Å²) in [6, 6.07) is 31.5. The smallest absolute Gasteiger partial charge is 0.0260 e. The Kier molecular flexibility index (Phi) is 7.07. The SMILES string of the molecule is Sc1cccc(C#Cc2ccc(C#Cc3ccc(C#Cc4cccc(S)c4)cc3)cc2)c1. The molecule has 2 heteroatoms. The van der Waals surface area contributed by atoms with Gasteiger partial charge < -0.3 is 0 Å². The molecule has 0 unspecified atom stereocenters. The van der Waals surface area contributed by atoms with Crippen molar-refractivity contribution >= 4 is 25.3 Å². The predicted molar refractivity (Wildman–Crippen MR) is 138 cm³/mol. The van der Waals surface area contributed by atoms with Gasteiger partial charge in [-0.1, -0.05) is 47.7 Å². The molecule has 4 aromatic carbocycles. The molecule has 0 saturated carbocycles. The molecule has 0 amide bonds. The van der Waals surface area contributed by atoms with Gasteiger partial charge in [0.2, 0.25) is 0 Å². The van der Waals surface area contributed by atoms with Crippen molar-refractivity contribution in [1.82, 2.24) is 0 Å². The van der Waals surface area contributed by atoms with E-state index in [9.17, 15) is 0 Å². The Bertz CT molecular complexity index is 1320. The van der Waals surface area contributed by atoms with E-state index in [-0.39, 0.29) is 0 Å². The molecule has 4 rings (SSSR count). The molecule has 0 nitrogen and oxygen atoms in total. The van der Waals surface area contributed by atoms with Crippen LogP contribution in [0.3, 0.4) is 0 Å². The van der Waals surface area contributed by atoms with Crippen LogP contribution in [0.1, 0.15) is 33.4 Å². The highest BCUT2D eigenvalue weighted by Crippen LogP contribution is 2.10. The van der Waals surface area contributed by atoms with Crippen molar-refractivity contribution in [2.75, 3.05) is 0 Å². The third kappa shape index (κ3) is 6.38. The van der Waals surface area contributed by atoms with Crippen molar-refractivity contribution in [3.05, 3.63) is 130 Å². The summed E-state index contributed by atoms with van der Waals surface area (Å²) in [5, 5.41) is 0. The van der Waals surface area contributed by atoms with Gasteiger partial charge in [0.05, 0.1) is 0 Å². The normalized spacial score (nSPS) is 9.44. The standard InChI is InChI=1S/C30H18S2/c31-29-5-1-3-27(21-29)19-17-25-13-9-23(10-14-25)7-8-24-11-15-26(16-12-24)18-20-28-4-2-6-30(32)22-28/h1-6,9-16,21-22,31-32H. The Morgan fingerprint density at radius 2 is 0.625 bits per heavy atom. The lowest BCUT2D eigenvalue weighted by atomic mass is 10.1. The van der Waals surface area contributed by atoms with E-state index in [1.165, 1.54) is 0 Å². The van der Waals surface area contributed by atoms with Gasteiger partial charge in [0.1, 0.15) is 0 Å². The van der Waals surface area contributed by atoms with Crippen LogP contribution < -0.4 is 0 Å². The molecule has 4 aromatic rings. The largest absolute Gasteiger partial charge is 0.143 e. The molecule has 0 N–H and O–H groups in total. The fourth-order valence-electron chi connectivity index (χ4n) is 2.87. The van der Waals surface area contributed by atoms with Gasteiger partial charge in [-0.15, -0.1) is 25.3 Å². The minimum atomic E-state index is 0.908. The molecule has 0 atom stereocenters. The Balaban J connectivity index is 1.41. The predicted octanol–water partition coefficient (Wildman–Crippen LogP) is 6.46. The number of hydrogen-bond donors (Lipinski definition) is 2. The van der Waals surface area contributed by atoms with Crippen molar-refractivity contribution < 1.29 is 0 Å². The molecule has 0 spiro atoms. The van der Waals surface area contributed by atoms with Crippen molar-refractivity contribution in [2.24, 2.45) is 0 Å². The van der Waals surface area contributed by atoms with E-state index in [2.05, 4.69) is 60.8 Å². The minimum Gasteiger partial charge on any atom is -0.143 e. The van der Waals surface area contributed by atoms with Crippen LogP contribution in [0.2, 0.25) is 0 Å². The lowest BCUT2D eigenvalue weighted by Gasteiger charge is -1.95. The van der Waals surface area contributed by atoms with Crippen LogP contribution in [0, 0.1) is 35.5 Å². The average molecular weight is 443 g/mol. The van der Waals surface area contributed by atoms with Crippen molar-refractivity contribution in [1.29, 1.82) is 0 Å². The van der Waals surface area contributed by atoms with Crippen LogP contribution in [-0.4, -0.2) is 0 Å². The first-order valence-electron chi connectivity index (χ1n) is 9.98. The van der Waals surface area contributed by atoms with Gasteiger partial charge in [-0.05, 0) is 84.9 Å². The summed E-state index contributed by atoms with van der Waals surface area (Å²) in [7, 11) is 0. The van der Waals surface area contributed by atoms with Crippen LogP contribution >= 0.6 is 25.3 Å². The van der Waals surface area contributed by atoms with Gasteiger partial charge in [-0.25, -0.2) is 0 Å². The molecule has 0 bridgehead atoms. The zero-order chi connectivity index (χ0) is 22.2. The maximum Gasteiger partial charge on any atom is 0.0260 e. The zero-order valence-corrected chi connectivity index (χ0v) is 18.9. The lowest BCUT2D eigenvalue weighted by molar-refractivity contribution is 1.45. The second kappa shape index (κ2) is 10.5. The molecule has 0 heterocycles. The molecule has 0 saturated heterocycles. The number of hydrogen-bond acceptors (Lipinski definition) is 2. The van der Waals surface area contributed by atoms with Crippen LogP contribution in [-0.2, 0) is 0 Å². The fourth-order valence-corrected chi connectivity index (χ4v) is 3.32. The fraction of sp³-hybridized carbons (Fsp3) is 0. The summed E-state index contributed by atoms with van der Waals surface area (Å²) in [6.07, 6.45) is 0. The number of benzene rings is 4. The van der Waals surface area contributed by atoms with E-state index in [1.54, 1.807) is 0 Å². The summed E-state index contributed by atoms with van der Waals surface area (Å²) in [5.74, 6) is 19.1. The van der Waals surface area contributed by atoms with Crippen LogP contribution in [0.5, 0.6) is 0 Å². The molecule has 0 aromatic heterocycles. The van der Waals surface area contributed by atoms with Gasteiger partial charge in [-0.3, -0.25) is 0 Å². The molecule has 0 aliphatic carbocycles. The summed E-state index contributed by atoms with van der Waals surface area (Å²) >= 11 is 8.69. The third-order valence-corrected chi connectivity index (χ3v) is 5.07. The maximum atomic E-state index is 4.34. The summed E-state index contributed by atoms with van der Waals surface area (Å²) in [6.45, 7) is 0. The van der Waals surface area contributed by atoms with Crippen molar-refractivity contribution in [3.8, 4) is 35.5 Å². The quantitative estimate of drug-likeness (QED) is 0.226. The van der Waals surface area contributed by atoms with E-state index < -0.39 is 0 Å². The first kappa shape index (κ1) is 21.5. The van der Waals surface area contributed by atoms with E-state index in [0.29, 0.717) is 0 Å².